The topological polar surface area (TPSA) is 89.8 Å². The summed E-state index contributed by atoms with van der Waals surface area (Å²) in [6.45, 7) is 4.18. The number of anilines is 1. The van der Waals surface area contributed by atoms with Crippen LogP contribution in [0.1, 0.15) is 16.2 Å². The molecule has 1 fully saturated rings. The average Bonchev–Trinajstić information content (AvgIpc) is 3.27. The Balaban J connectivity index is 1.27. The average molecular weight is 482 g/mol. The minimum atomic E-state index is -0.526. The SMILES string of the molecule is COc1ccc(N2CCN(C(=O)COC(=O)c3ccc(-n4c(C)nnc4SC)cc3)CC2)cc1. The third-order valence-corrected chi connectivity index (χ3v) is 6.36. The van der Waals surface area contributed by atoms with E-state index < -0.39 is 5.97 Å². The normalized spacial score (nSPS) is 13.6. The molecule has 1 amide bonds. The third-order valence-electron chi connectivity index (χ3n) is 5.74. The van der Waals surface area contributed by atoms with Crippen LogP contribution in [0.25, 0.3) is 5.69 Å². The number of methoxy groups -OCH3 is 1. The van der Waals surface area contributed by atoms with Crippen molar-refractivity contribution in [3.05, 3.63) is 59.9 Å². The molecule has 0 aliphatic carbocycles. The molecule has 1 aliphatic rings. The Morgan fingerprint density at radius 3 is 2.21 bits per heavy atom. The van der Waals surface area contributed by atoms with Gasteiger partial charge in [0.15, 0.2) is 11.8 Å². The van der Waals surface area contributed by atoms with Crippen LogP contribution in [0, 0.1) is 6.92 Å². The number of ether oxygens (including phenoxy) is 2. The minimum Gasteiger partial charge on any atom is -0.497 e. The lowest BCUT2D eigenvalue weighted by atomic mass is 10.2. The zero-order valence-electron chi connectivity index (χ0n) is 19.4. The van der Waals surface area contributed by atoms with Gasteiger partial charge in [-0.3, -0.25) is 9.36 Å². The van der Waals surface area contributed by atoms with Gasteiger partial charge in [0.05, 0.1) is 12.7 Å². The molecule has 0 atom stereocenters. The van der Waals surface area contributed by atoms with Gasteiger partial charge in [0.25, 0.3) is 5.91 Å². The molecule has 4 rings (SSSR count). The van der Waals surface area contributed by atoms with E-state index in [1.165, 1.54) is 11.8 Å². The molecule has 3 aromatic rings. The molecular weight excluding hydrogens is 454 g/mol. The van der Waals surface area contributed by atoms with Gasteiger partial charge in [-0.1, -0.05) is 11.8 Å². The van der Waals surface area contributed by atoms with E-state index in [0.717, 1.165) is 28.1 Å². The van der Waals surface area contributed by atoms with Crippen LogP contribution in [0.2, 0.25) is 0 Å². The Morgan fingerprint density at radius 2 is 1.59 bits per heavy atom. The van der Waals surface area contributed by atoms with Crippen LogP contribution in [-0.4, -0.2) is 77.7 Å². The Kier molecular flexibility index (Phi) is 7.36. The fourth-order valence-electron chi connectivity index (χ4n) is 3.83. The van der Waals surface area contributed by atoms with E-state index in [2.05, 4.69) is 15.1 Å². The van der Waals surface area contributed by atoms with Crippen LogP contribution in [0.5, 0.6) is 5.75 Å². The molecule has 1 saturated heterocycles. The molecule has 10 heteroatoms. The number of hydrogen-bond donors (Lipinski definition) is 0. The van der Waals surface area contributed by atoms with E-state index in [1.807, 2.05) is 54.1 Å². The molecule has 0 saturated carbocycles. The van der Waals surface area contributed by atoms with Crippen molar-refractivity contribution in [3.63, 3.8) is 0 Å². The number of carbonyl (C=O) groups excluding carboxylic acids is 2. The van der Waals surface area contributed by atoms with Gasteiger partial charge in [-0.25, -0.2) is 4.79 Å². The molecule has 1 aromatic heterocycles. The number of benzene rings is 2. The van der Waals surface area contributed by atoms with Crippen LogP contribution in [-0.2, 0) is 9.53 Å². The number of piperazine rings is 1. The number of thioether (sulfide) groups is 1. The summed E-state index contributed by atoms with van der Waals surface area (Å²) in [4.78, 5) is 29.0. The van der Waals surface area contributed by atoms with Crippen LogP contribution >= 0.6 is 11.8 Å². The number of nitrogens with zero attached hydrogens (tertiary/aromatic N) is 5. The van der Waals surface area contributed by atoms with Crippen LogP contribution in [0.4, 0.5) is 5.69 Å². The fraction of sp³-hybridized carbons (Fsp3) is 0.333. The Bertz CT molecular complexity index is 1140. The van der Waals surface area contributed by atoms with Gasteiger partial charge in [0, 0.05) is 37.6 Å². The summed E-state index contributed by atoms with van der Waals surface area (Å²) in [5, 5.41) is 8.99. The van der Waals surface area contributed by atoms with Crippen molar-refractivity contribution in [2.24, 2.45) is 0 Å². The van der Waals surface area contributed by atoms with Crippen molar-refractivity contribution in [3.8, 4) is 11.4 Å². The first kappa shape index (κ1) is 23.6. The summed E-state index contributed by atoms with van der Waals surface area (Å²) in [7, 11) is 1.64. The first-order valence-electron chi connectivity index (χ1n) is 10.9. The maximum Gasteiger partial charge on any atom is 0.338 e. The zero-order chi connectivity index (χ0) is 24.1. The van der Waals surface area contributed by atoms with E-state index in [1.54, 1.807) is 24.1 Å². The zero-order valence-corrected chi connectivity index (χ0v) is 20.2. The lowest BCUT2D eigenvalue weighted by Gasteiger charge is -2.36. The van der Waals surface area contributed by atoms with Crippen molar-refractivity contribution in [2.75, 3.05) is 51.1 Å². The summed E-state index contributed by atoms with van der Waals surface area (Å²) in [6.07, 6.45) is 1.93. The smallest absolute Gasteiger partial charge is 0.338 e. The van der Waals surface area contributed by atoms with Crippen molar-refractivity contribution in [2.45, 2.75) is 12.1 Å². The van der Waals surface area contributed by atoms with Crippen LogP contribution in [0.3, 0.4) is 0 Å². The minimum absolute atomic E-state index is 0.191. The van der Waals surface area contributed by atoms with E-state index >= 15 is 0 Å². The number of aromatic nitrogens is 3. The van der Waals surface area contributed by atoms with Crippen molar-refractivity contribution < 1.29 is 19.1 Å². The number of carbonyl (C=O) groups is 2. The Hall–Kier alpha value is -3.53. The first-order chi connectivity index (χ1) is 16.5. The quantitative estimate of drug-likeness (QED) is 0.376. The number of aryl methyl sites for hydroxylation is 1. The van der Waals surface area contributed by atoms with Crippen LogP contribution < -0.4 is 9.64 Å². The summed E-state index contributed by atoms with van der Waals surface area (Å²) < 4.78 is 12.4. The molecule has 2 aromatic carbocycles. The lowest BCUT2D eigenvalue weighted by molar-refractivity contribution is -0.134. The summed E-state index contributed by atoms with van der Waals surface area (Å²) in [5.74, 6) is 0.858. The molecule has 34 heavy (non-hydrogen) atoms. The molecular formula is C24H27N5O4S. The molecule has 0 spiro atoms. The molecule has 0 unspecified atom stereocenters. The summed E-state index contributed by atoms with van der Waals surface area (Å²) >= 11 is 1.49. The van der Waals surface area contributed by atoms with Crippen molar-refractivity contribution >= 4 is 29.3 Å². The van der Waals surface area contributed by atoms with Gasteiger partial charge in [0.2, 0.25) is 0 Å². The van der Waals surface area contributed by atoms with E-state index in [0.29, 0.717) is 31.7 Å². The molecule has 0 radical (unpaired) electrons. The monoisotopic (exact) mass is 481 g/mol. The second-order valence-corrected chi connectivity index (χ2v) is 8.53. The molecule has 0 N–H and O–H groups in total. The van der Waals surface area contributed by atoms with E-state index in [9.17, 15) is 9.59 Å². The molecule has 2 heterocycles. The lowest BCUT2D eigenvalue weighted by Crippen LogP contribution is -2.49. The summed E-state index contributed by atoms with van der Waals surface area (Å²) in [6, 6.07) is 14.9. The van der Waals surface area contributed by atoms with E-state index in [-0.39, 0.29) is 12.5 Å². The van der Waals surface area contributed by atoms with Gasteiger partial charge in [-0.15, -0.1) is 10.2 Å². The first-order valence-corrected chi connectivity index (χ1v) is 12.1. The molecule has 0 bridgehead atoms. The predicted octanol–water partition coefficient (Wildman–Crippen LogP) is 2.81. The molecule has 178 valence electrons. The largest absolute Gasteiger partial charge is 0.497 e. The van der Waals surface area contributed by atoms with Gasteiger partial charge in [-0.2, -0.15) is 0 Å². The number of amides is 1. The summed E-state index contributed by atoms with van der Waals surface area (Å²) in [5.41, 5.74) is 2.33. The fourth-order valence-corrected chi connectivity index (χ4v) is 4.37. The van der Waals surface area contributed by atoms with Crippen molar-refractivity contribution in [1.29, 1.82) is 0 Å². The third kappa shape index (κ3) is 5.17. The second kappa shape index (κ2) is 10.6. The highest BCUT2D eigenvalue weighted by Gasteiger charge is 2.22. The predicted molar refractivity (Wildman–Crippen MR) is 130 cm³/mol. The number of esters is 1. The molecule has 1 aliphatic heterocycles. The highest BCUT2D eigenvalue weighted by Crippen LogP contribution is 2.21. The second-order valence-electron chi connectivity index (χ2n) is 7.76. The maximum atomic E-state index is 12.6. The van der Waals surface area contributed by atoms with Gasteiger partial charge >= 0.3 is 5.97 Å². The van der Waals surface area contributed by atoms with Gasteiger partial charge < -0.3 is 19.3 Å². The van der Waals surface area contributed by atoms with Gasteiger partial charge in [0.1, 0.15) is 11.6 Å². The standard InChI is InChI=1S/C24H27N5O4S/c1-17-25-26-24(34-3)29(17)20-6-4-18(5-7-20)23(31)33-16-22(30)28-14-12-27(13-15-28)19-8-10-21(32-2)11-9-19/h4-11H,12-16H2,1-3H3. The number of rotatable bonds is 7. The van der Waals surface area contributed by atoms with Gasteiger partial charge in [-0.05, 0) is 61.7 Å². The van der Waals surface area contributed by atoms with Crippen molar-refractivity contribution in [1.82, 2.24) is 19.7 Å². The Labute approximate surface area is 202 Å². The molecule has 9 nitrogen and oxygen atoms in total. The highest BCUT2D eigenvalue weighted by molar-refractivity contribution is 7.98. The van der Waals surface area contributed by atoms with Crippen LogP contribution in [0.15, 0.2) is 53.7 Å². The van der Waals surface area contributed by atoms with E-state index in [4.69, 9.17) is 9.47 Å². The maximum absolute atomic E-state index is 12.6. The number of hydrogen-bond acceptors (Lipinski definition) is 8. The highest BCUT2D eigenvalue weighted by atomic mass is 32.2. The Morgan fingerprint density at radius 1 is 0.941 bits per heavy atom.